The number of aromatic carboxylic acids is 1. The number of carbonyl (C=O) groups is 1. The molecule has 1 unspecified atom stereocenters. The number of carboxylic acid groups (broad SMARTS) is 1. The van der Waals surface area contributed by atoms with Crippen LogP contribution in [0.2, 0.25) is 5.15 Å². The molecule has 1 atom stereocenters. The molecule has 2 rings (SSSR count). The van der Waals surface area contributed by atoms with Crippen LogP contribution in [0.1, 0.15) is 23.2 Å². The molecule has 0 saturated carbocycles. The SMILES string of the molecule is O=C(O)c1ccc(Cl)nc1NCC1CCCS1(=O)=O. The maximum atomic E-state index is 11.7. The fourth-order valence-corrected chi connectivity index (χ4v) is 3.95. The Kier molecular flexibility index (Phi) is 3.96. The van der Waals surface area contributed by atoms with Crippen LogP contribution in [0.3, 0.4) is 0 Å². The van der Waals surface area contributed by atoms with Gasteiger partial charge in [0.15, 0.2) is 9.84 Å². The molecular weight excluding hydrogens is 292 g/mol. The van der Waals surface area contributed by atoms with Crippen molar-refractivity contribution in [1.29, 1.82) is 0 Å². The molecule has 2 N–H and O–H groups in total. The van der Waals surface area contributed by atoms with E-state index in [1.165, 1.54) is 12.1 Å². The Balaban J connectivity index is 2.15. The van der Waals surface area contributed by atoms with Crippen LogP contribution in [0.5, 0.6) is 0 Å². The lowest BCUT2D eigenvalue weighted by Crippen LogP contribution is -2.26. The minimum atomic E-state index is -3.07. The van der Waals surface area contributed by atoms with Crippen molar-refractivity contribution in [2.75, 3.05) is 17.6 Å². The number of carboxylic acids is 1. The van der Waals surface area contributed by atoms with E-state index in [0.29, 0.717) is 12.8 Å². The molecule has 0 radical (unpaired) electrons. The second-order valence-corrected chi connectivity index (χ2v) is 7.14. The van der Waals surface area contributed by atoms with Crippen LogP contribution in [-0.4, -0.2) is 42.0 Å². The summed E-state index contributed by atoms with van der Waals surface area (Å²) in [6, 6.07) is 2.71. The Hall–Kier alpha value is -1.34. The molecule has 1 saturated heterocycles. The van der Waals surface area contributed by atoms with Crippen LogP contribution in [0.25, 0.3) is 0 Å². The van der Waals surface area contributed by atoms with Crippen LogP contribution in [-0.2, 0) is 9.84 Å². The molecule has 0 bridgehead atoms. The van der Waals surface area contributed by atoms with Crippen molar-refractivity contribution in [3.8, 4) is 0 Å². The van der Waals surface area contributed by atoms with E-state index < -0.39 is 21.1 Å². The Morgan fingerprint density at radius 1 is 1.53 bits per heavy atom. The zero-order chi connectivity index (χ0) is 14.0. The highest BCUT2D eigenvalue weighted by molar-refractivity contribution is 7.92. The van der Waals surface area contributed by atoms with Crippen molar-refractivity contribution in [3.05, 3.63) is 22.8 Å². The predicted octanol–water partition coefficient (Wildman–Crippen LogP) is 1.42. The smallest absolute Gasteiger partial charge is 0.339 e. The van der Waals surface area contributed by atoms with E-state index in [9.17, 15) is 13.2 Å². The van der Waals surface area contributed by atoms with E-state index in [-0.39, 0.29) is 28.8 Å². The molecule has 0 aromatic carbocycles. The van der Waals surface area contributed by atoms with Crippen molar-refractivity contribution < 1.29 is 18.3 Å². The molecule has 1 aliphatic heterocycles. The maximum Gasteiger partial charge on any atom is 0.339 e. The molecule has 1 aromatic rings. The highest BCUT2D eigenvalue weighted by atomic mass is 35.5. The van der Waals surface area contributed by atoms with E-state index in [0.717, 1.165) is 0 Å². The standard InChI is InChI=1S/C11H13ClN2O4S/c12-9-4-3-8(11(15)16)10(14-9)13-6-7-2-1-5-19(7,17)18/h3-4,7H,1-2,5-6H2,(H,13,14)(H,15,16). The number of anilines is 1. The molecule has 0 spiro atoms. The van der Waals surface area contributed by atoms with Crippen molar-refractivity contribution in [2.24, 2.45) is 0 Å². The summed E-state index contributed by atoms with van der Waals surface area (Å²) in [5.74, 6) is -0.850. The number of hydrogen-bond acceptors (Lipinski definition) is 5. The van der Waals surface area contributed by atoms with Crippen molar-refractivity contribution in [3.63, 3.8) is 0 Å². The summed E-state index contributed by atoms with van der Waals surface area (Å²) in [4.78, 5) is 14.9. The van der Waals surface area contributed by atoms with Crippen molar-refractivity contribution in [2.45, 2.75) is 18.1 Å². The molecule has 1 fully saturated rings. The number of pyridine rings is 1. The van der Waals surface area contributed by atoms with Crippen molar-refractivity contribution >= 4 is 33.2 Å². The van der Waals surface area contributed by atoms with Crippen LogP contribution >= 0.6 is 11.6 Å². The molecule has 2 heterocycles. The Morgan fingerprint density at radius 3 is 2.84 bits per heavy atom. The minimum absolute atomic E-state index is 0.0280. The number of hydrogen-bond donors (Lipinski definition) is 2. The first-order valence-electron chi connectivity index (χ1n) is 5.75. The number of halogens is 1. The minimum Gasteiger partial charge on any atom is -0.478 e. The van der Waals surface area contributed by atoms with Gasteiger partial charge in [-0.05, 0) is 25.0 Å². The first kappa shape index (κ1) is 14.1. The van der Waals surface area contributed by atoms with Gasteiger partial charge in [-0.3, -0.25) is 0 Å². The summed E-state index contributed by atoms with van der Waals surface area (Å²) in [5.41, 5.74) is -0.0280. The summed E-state index contributed by atoms with van der Waals surface area (Å²) in [5, 5.41) is 11.5. The quantitative estimate of drug-likeness (QED) is 0.817. The maximum absolute atomic E-state index is 11.7. The van der Waals surface area contributed by atoms with E-state index in [1.54, 1.807) is 0 Å². The Bertz CT molecular complexity index is 603. The monoisotopic (exact) mass is 304 g/mol. The van der Waals surface area contributed by atoms with Gasteiger partial charge in [0.25, 0.3) is 0 Å². The summed E-state index contributed by atoms with van der Waals surface area (Å²) in [6.07, 6.45) is 1.22. The zero-order valence-corrected chi connectivity index (χ0v) is 11.5. The number of aromatic nitrogens is 1. The number of rotatable bonds is 4. The van der Waals surface area contributed by atoms with Gasteiger partial charge in [-0.1, -0.05) is 11.6 Å². The molecule has 0 aliphatic carbocycles. The van der Waals surface area contributed by atoms with Crippen LogP contribution in [0.15, 0.2) is 12.1 Å². The van der Waals surface area contributed by atoms with E-state index in [2.05, 4.69) is 10.3 Å². The fourth-order valence-electron chi connectivity index (χ4n) is 2.04. The molecule has 6 nitrogen and oxygen atoms in total. The van der Waals surface area contributed by atoms with Crippen LogP contribution < -0.4 is 5.32 Å². The summed E-state index contributed by atoms with van der Waals surface area (Å²) < 4.78 is 23.3. The third-order valence-electron chi connectivity index (χ3n) is 3.05. The Morgan fingerprint density at radius 2 is 2.26 bits per heavy atom. The van der Waals surface area contributed by atoms with Gasteiger partial charge in [0.2, 0.25) is 0 Å². The number of sulfone groups is 1. The van der Waals surface area contributed by atoms with Gasteiger partial charge in [-0.25, -0.2) is 18.2 Å². The summed E-state index contributed by atoms with van der Waals surface area (Å²) in [7, 11) is -3.07. The van der Waals surface area contributed by atoms with Gasteiger partial charge in [-0.15, -0.1) is 0 Å². The molecule has 8 heteroatoms. The average molecular weight is 305 g/mol. The van der Waals surface area contributed by atoms with E-state index >= 15 is 0 Å². The second kappa shape index (κ2) is 5.34. The average Bonchev–Trinajstić information content (AvgIpc) is 2.65. The molecule has 0 amide bonds. The highest BCUT2D eigenvalue weighted by Crippen LogP contribution is 2.22. The topological polar surface area (TPSA) is 96.4 Å². The number of nitrogens with one attached hydrogen (secondary N) is 1. The third kappa shape index (κ3) is 3.16. The first-order valence-corrected chi connectivity index (χ1v) is 7.85. The highest BCUT2D eigenvalue weighted by Gasteiger charge is 2.31. The molecule has 104 valence electrons. The fraction of sp³-hybridized carbons (Fsp3) is 0.455. The predicted molar refractivity (Wildman–Crippen MR) is 71.5 cm³/mol. The Labute approximate surface area is 115 Å². The normalized spacial score (nSPS) is 21.2. The molecular formula is C11H13ClN2O4S. The van der Waals surface area contributed by atoms with Gasteiger partial charge >= 0.3 is 5.97 Å². The van der Waals surface area contributed by atoms with Gasteiger partial charge in [0.1, 0.15) is 16.5 Å². The van der Waals surface area contributed by atoms with Gasteiger partial charge in [0.05, 0.1) is 11.0 Å². The zero-order valence-electron chi connectivity index (χ0n) is 9.97. The summed E-state index contributed by atoms with van der Waals surface area (Å²) in [6.45, 7) is 0.149. The largest absolute Gasteiger partial charge is 0.478 e. The van der Waals surface area contributed by atoms with Gasteiger partial charge in [0, 0.05) is 6.54 Å². The molecule has 1 aliphatic rings. The van der Waals surface area contributed by atoms with Gasteiger partial charge in [-0.2, -0.15) is 0 Å². The van der Waals surface area contributed by atoms with Crippen molar-refractivity contribution in [1.82, 2.24) is 4.98 Å². The van der Waals surface area contributed by atoms with Gasteiger partial charge < -0.3 is 10.4 Å². The lowest BCUT2D eigenvalue weighted by atomic mass is 10.2. The lowest BCUT2D eigenvalue weighted by Gasteiger charge is -2.13. The van der Waals surface area contributed by atoms with E-state index in [4.69, 9.17) is 16.7 Å². The third-order valence-corrected chi connectivity index (χ3v) is 5.54. The first-order chi connectivity index (χ1) is 8.90. The lowest BCUT2D eigenvalue weighted by molar-refractivity contribution is 0.0697. The molecule has 1 aromatic heterocycles. The van der Waals surface area contributed by atoms with Crippen LogP contribution in [0, 0.1) is 0 Å². The second-order valence-electron chi connectivity index (χ2n) is 4.35. The number of nitrogens with zero attached hydrogens (tertiary/aromatic N) is 1. The summed E-state index contributed by atoms with van der Waals surface area (Å²) >= 11 is 5.71. The van der Waals surface area contributed by atoms with Crippen LogP contribution in [0.4, 0.5) is 5.82 Å². The molecule has 19 heavy (non-hydrogen) atoms. The van der Waals surface area contributed by atoms with E-state index in [1.807, 2.05) is 0 Å².